The molecular weight excluding hydrogens is 640 g/mol. The van der Waals surface area contributed by atoms with Gasteiger partial charge in [-0.05, 0) is 46.8 Å². The molecule has 0 aliphatic rings. The van der Waals surface area contributed by atoms with Crippen molar-refractivity contribution < 1.29 is 0 Å². The van der Waals surface area contributed by atoms with Crippen molar-refractivity contribution in [2.45, 2.75) is 52.8 Å². The van der Waals surface area contributed by atoms with Gasteiger partial charge in [-0.1, -0.05) is 79.2 Å². The molecule has 4 aromatic heterocycles. The van der Waals surface area contributed by atoms with E-state index in [1.54, 1.807) is 4.50 Å². The third-order valence-corrected chi connectivity index (χ3v) is 16.7. The minimum Gasteiger partial charge on any atom is -0.144 e. The Bertz CT molecular complexity index is 1460. The molecule has 0 aliphatic heterocycles. The van der Waals surface area contributed by atoms with Gasteiger partial charge < -0.3 is 0 Å². The summed E-state index contributed by atoms with van der Waals surface area (Å²) in [6.07, 6.45) is 0. The van der Waals surface area contributed by atoms with Crippen molar-refractivity contribution in [1.29, 1.82) is 0 Å². The van der Waals surface area contributed by atoms with Gasteiger partial charge >= 0.3 is 0 Å². The van der Waals surface area contributed by atoms with E-state index in [-0.39, 0.29) is 5.41 Å². The third-order valence-electron chi connectivity index (χ3n) is 6.82. The monoisotopic (exact) mass is 666 g/mol. The van der Waals surface area contributed by atoms with E-state index in [2.05, 4.69) is 116 Å². The molecule has 0 N–H and O–H groups in total. The fourth-order valence-electron chi connectivity index (χ4n) is 3.83. The van der Waals surface area contributed by atoms with Gasteiger partial charge in [0.25, 0.3) is 0 Å². The van der Waals surface area contributed by atoms with Crippen molar-refractivity contribution in [3.05, 3.63) is 50.2 Å². The maximum absolute atomic E-state index is 3.90. The van der Waals surface area contributed by atoms with Crippen LogP contribution in [0.2, 0.25) is 19.6 Å². The fraction of sp³-hybridized carbons (Fsp3) is 0.333. The zero-order chi connectivity index (χ0) is 24.6. The van der Waals surface area contributed by atoms with Crippen LogP contribution in [0.3, 0.4) is 0 Å². The van der Waals surface area contributed by atoms with Crippen molar-refractivity contribution in [1.82, 2.24) is 0 Å². The molecule has 34 heavy (non-hydrogen) atoms. The molecule has 0 nitrogen and oxygen atoms in total. The van der Waals surface area contributed by atoms with Crippen LogP contribution in [0.5, 0.6) is 0 Å². The van der Waals surface area contributed by atoms with Crippen molar-refractivity contribution in [3.8, 4) is 20.9 Å². The number of hydrogen-bond donors (Lipinski definition) is 0. The first-order valence-corrected chi connectivity index (χ1v) is 19.8. The van der Waals surface area contributed by atoms with Gasteiger partial charge in [0.2, 0.25) is 0 Å². The Labute approximate surface area is 236 Å². The van der Waals surface area contributed by atoms with Crippen LogP contribution in [0.15, 0.2) is 45.3 Å². The van der Waals surface area contributed by atoms with E-state index in [4.69, 9.17) is 0 Å². The molecule has 0 amide bonds. The van der Waals surface area contributed by atoms with Crippen LogP contribution in [0.4, 0.5) is 0 Å². The third kappa shape index (κ3) is 4.48. The van der Waals surface area contributed by atoms with E-state index in [0.717, 1.165) is 8.95 Å². The average Bonchev–Trinajstić information content (AvgIpc) is 3.46. The number of thiophene rings is 4. The van der Waals surface area contributed by atoms with Crippen LogP contribution in [0, 0.1) is 5.92 Å². The smallest absolute Gasteiger partial charge is 0.0904 e. The maximum atomic E-state index is 3.90. The Morgan fingerprint density at radius 2 is 1.15 bits per heavy atom. The quantitative estimate of drug-likeness (QED) is 0.164. The molecule has 0 atom stereocenters. The highest BCUT2D eigenvalue weighted by molar-refractivity contribution is 9.11. The van der Waals surface area contributed by atoms with E-state index >= 15 is 0 Å². The molecule has 0 spiro atoms. The van der Waals surface area contributed by atoms with Gasteiger partial charge in [0, 0.05) is 58.9 Å². The summed E-state index contributed by atoms with van der Waals surface area (Å²) < 4.78 is 9.53. The van der Waals surface area contributed by atoms with Crippen molar-refractivity contribution in [2.24, 2.45) is 5.92 Å². The Morgan fingerprint density at radius 1 is 0.676 bits per heavy atom. The minimum atomic E-state index is -1.26. The fourth-order valence-corrected chi connectivity index (χ4v) is 12.3. The molecule has 0 fully saturated rings. The highest BCUT2D eigenvalue weighted by Crippen LogP contribution is 2.47. The van der Waals surface area contributed by atoms with Gasteiger partial charge in [0.05, 0.1) is 8.07 Å². The molecule has 0 radical (unpaired) electrons. The Morgan fingerprint density at radius 3 is 1.59 bits per heavy atom. The number of halogens is 2. The van der Waals surface area contributed by atoms with Crippen molar-refractivity contribution in [2.75, 3.05) is 0 Å². The second kappa shape index (κ2) is 8.93. The van der Waals surface area contributed by atoms with Crippen LogP contribution in [-0.2, 0) is 5.41 Å². The minimum absolute atomic E-state index is 0.207. The average molecular weight is 669 g/mol. The standard InChI is InChI=1S/C27H28Br2S4Si/c1-14(2)27(3,4)25-12-23-21(32-25)10-19(30-23)15-8-18(29)16(9-17(15)28)20-11-22-24(31-20)13-26(33-22)34(5,6)7/h8-14H,1-7H3. The molecule has 178 valence electrons. The van der Waals surface area contributed by atoms with Crippen LogP contribution >= 0.6 is 77.2 Å². The summed E-state index contributed by atoms with van der Waals surface area (Å²) >= 11 is 15.5. The summed E-state index contributed by atoms with van der Waals surface area (Å²) in [6.45, 7) is 16.6. The predicted octanol–water partition coefficient (Wildman–Crippen LogP) is 11.6. The molecule has 0 unspecified atom stereocenters. The highest BCUT2D eigenvalue weighted by Gasteiger charge is 2.27. The number of benzene rings is 1. The summed E-state index contributed by atoms with van der Waals surface area (Å²) in [6, 6.07) is 14.2. The van der Waals surface area contributed by atoms with Crippen molar-refractivity contribution in [3.63, 3.8) is 0 Å². The molecule has 0 saturated heterocycles. The second-order valence-electron chi connectivity index (χ2n) is 10.8. The topological polar surface area (TPSA) is 0 Å². The van der Waals surface area contributed by atoms with Crippen LogP contribution in [-0.4, -0.2) is 8.07 Å². The lowest BCUT2D eigenvalue weighted by molar-refractivity contribution is 0.379. The van der Waals surface area contributed by atoms with Gasteiger partial charge in [-0.15, -0.1) is 45.3 Å². The summed E-state index contributed by atoms with van der Waals surface area (Å²) in [4.78, 5) is 4.14. The van der Waals surface area contributed by atoms with Gasteiger partial charge in [0.1, 0.15) is 0 Å². The van der Waals surface area contributed by atoms with Gasteiger partial charge in [-0.2, -0.15) is 0 Å². The predicted molar refractivity (Wildman–Crippen MR) is 170 cm³/mol. The zero-order valence-corrected chi connectivity index (χ0v) is 27.9. The molecule has 4 heterocycles. The molecule has 7 heteroatoms. The van der Waals surface area contributed by atoms with E-state index in [9.17, 15) is 0 Å². The highest BCUT2D eigenvalue weighted by atomic mass is 79.9. The lowest BCUT2D eigenvalue weighted by atomic mass is 9.80. The summed E-state index contributed by atoms with van der Waals surface area (Å²) in [5, 5.41) is 0. The zero-order valence-electron chi connectivity index (χ0n) is 20.4. The number of rotatable bonds is 5. The number of hydrogen-bond acceptors (Lipinski definition) is 4. The van der Waals surface area contributed by atoms with E-state index in [0.29, 0.717) is 5.92 Å². The molecule has 0 saturated carbocycles. The van der Waals surface area contributed by atoms with E-state index < -0.39 is 8.07 Å². The summed E-state index contributed by atoms with van der Waals surface area (Å²) in [5.41, 5.74) is 2.73. The lowest BCUT2D eigenvalue weighted by Gasteiger charge is -2.27. The van der Waals surface area contributed by atoms with Gasteiger partial charge in [0.15, 0.2) is 0 Å². The molecule has 0 bridgehead atoms. The van der Waals surface area contributed by atoms with Crippen molar-refractivity contribution >= 4 is 109 Å². The maximum Gasteiger partial charge on any atom is 0.0904 e. The van der Waals surface area contributed by atoms with Crippen LogP contribution < -0.4 is 4.50 Å². The van der Waals surface area contributed by atoms with Crippen LogP contribution in [0.25, 0.3) is 39.7 Å². The number of fused-ring (bicyclic) bond motifs is 2. The Kier molecular flexibility index (Phi) is 6.66. The van der Waals surface area contributed by atoms with E-state index in [1.807, 2.05) is 45.3 Å². The summed E-state index contributed by atoms with van der Waals surface area (Å²) in [7, 11) is -1.26. The molecule has 5 rings (SSSR count). The van der Waals surface area contributed by atoms with Crippen LogP contribution in [0.1, 0.15) is 32.6 Å². The first-order chi connectivity index (χ1) is 15.8. The summed E-state index contributed by atoms with van der Waals surface area (Å²) in [5.74, 6) is 0.618. The SMILES string of the molecule is CC(C)C(C)(C)c1cc2sc(-c3cc(Br)c(-c4cc5sc([Si](C)(C)C)cc5s4)cc3Br)cc2s1. The molecule has 5 aromatic rings. The Balaban J connectivity index is 1.50. The first kappa shape index (κ1) is 25.4. The lowest BCUT2D eigenvalue weighted by Crippen LogP contribution is -2.34. The molecule has 1 aromatic carbocycles. The first-order valence-electron chi connectivity index (χ1n) is 11.4. The van der Waals surface area contributed by atoms with Gasteiger partial charge in [-0.25, -0.2) is 0 Å². The Hall–Kier alpha value is -0.283. The normalized spacial score (nSPS) is 13.1. The van der Waals surface area contributed by atoms with E-state index in [1.165, 1.54) is 44.6 Å². The van der Waals surface area contributed by atoms with Gasteiger partial charge in [-0.3, -0.25) is 0 Å². The largest absolute Gasteiger partial charge is 0.144 e. The molecular formula is C27H28Br2S4Si. The molecule has 0 aliphatic carbocycles. The second-order valence-corrected chi connectivity index (χ2v) is 22.3.